The fourth-order valence-electron chi connectivity index (χ4n) is 3.43. The minimum atomic E-state index is -0.583. The van der Waals surface area contributed by atoms with Gasteiger partial charge in [-0.3, -0.25) is 9.59 Å². The first-order valence-corrected chi connectivity index (χ1v) is 11.8. The number of rotatable bonds is 8. The predicted molar refractivity (Wildman–Crippen MR) is 132 cm³/mol. The first kappa shape index (κ1) is 24.1. The van der Waals surface area contributed by atoms with Gasteiger partial charge in [0.2, 0.25) is 11.1 Å². The molecular formula is C25H23N5O4S. The van der Waals surface area contributed by atoms with E-state index in [9.17, 15) is 14.4 Å². The Morgan fingerprint density at radius 1 is 1.03 bits per heavy atom. The lowest BCUT2D eigenvalue weighted by molar-refractivity contribution is -0.114. The highest BCUT2D eigenvalue weighted by Gasteiger charge is 2.16. The number of carbonyl (C=O) groups excluding carboxylic acids is 3. The molecule has 0 fully saturated rings. The average Bonchev–Trinajstić information content (AvgIpc) is 3.24. The zero-order valence-corrected chi connectivity index (χ0v) is 20.3. The van der Waals surface area contributed by atoms with E-state index >= 15 is 0 Å². The largest absolute Gasteiger partial charge is 0.454 e. The fraction of sp³-hybridized carbons (Fsp3) is 0.200. The molecule has 0 atom stereocenters. The van der Waals surface area contributed by atoms with E-state index in [-0.39, 0.29) is 11.7 Å². The maximum Gasteiger partial charge on any atom is 0.338 e. The standard InChI is InChI=1S/C25H23N5O4S/c1-15-12-16(2)30-24(26-15)28-25(29-30)35-14-19-6-4-5-7-21(19)23(33)34-13-22(32)18-8-10-20(11-9-18)27-17(3)31/h4-12H,13-14H2,1-3H3,(H,27,31). The number of amides is 1. The number of anilines is 1. The van der Waals surface area contributed by atoms with E-state index in [1.165, 1.54) is 18.7 Å². The molecule has 0 radical (unpaired) electrons. The van der Waals surface area contributed by atoms with E-state index in [0.717, 1.165) is 17.0 Å². The summed E-state index contributed by atoms with van der Waals surface area (Å²) >= 11 is 1.38. The summed E-state index contributed by atoms with van der Waals surface area (Å²) in [6.07, 6.45) is 0. The second-order valence-corrected chi connectivity index (χ2v) is 8.79. The van der Waals surface area contributed by atoms with Crippen LogP contribution in [0, 0.1) is 13.8 Å². The predicted octanol–water partition coefficient (Wildman–Crippen LogP) is 4.03. The number of nitrogens with zero attached hydrogens (tertiary/aromatic N) is 4. The van der Waals surface area contributed by atoms with Crippen molar-refractivity contribution in [2.24, 2.45) is 0 Å². The van der Waals surface area contributed by atoms with E-state index in [0.29, 0.717) is 33.5 Å². The van der Waals surface area contributed by atoms with Gasteiger partial charge >= 0.3 is 5.97 Å². The molecule has 0 aliphatic rings. The number of nitrogens with one attached hydrogen (secondary N) is 1. The van der Waals surface area contributed by atoms with Crippen molar-refractivity contribution in [3.8, 4) is 0 Å². The van der Waals surface area contributed by atoms with Gasteiger partial charge in [-0.2, -0.15) is 4.98 Å². The molecule has 1 amide bonds. The van der Waals surface area contributed by atoms with E-state index in [2.05, 4.69) is 20.4 Å². The molecule has 4 rings (SSSR count). The van der Waals surface area contributed by atoms with Crippen LogP contribution < -0.4 is 5.32 Å². The monoisotopic (exact) mass is 489 g/mol. The van der Waals surface area contributed by atoms with E-state index in [4.69, 9.17) is 4.74 Å². The van der Waals surface area contributed by atoms with Gasteiger partial charge in [0.25, 0.3) is 5.78 Å². The van der Waals surface area contributed by atoms with Crippen LogP contribution in [0.5, 0.6) is 0 Å². The van der Waals surface area contributed by atoms with Crippen LogP contribution in [0.2, 0.25) is 0 Å². The molecular weight excluding hydrogens is 466 g/mol. The molecule has 0 saturated carbocycles. The van der Waals surface area contributed by atoms with Crippen molar-refractivity contribution >= 4 is 40.9 Å². The van der Waals surface area contributed by atoms with Crippen LogP contribution in [0.1, 0.15) is 44.6 Å². The minimum absolute atomic E-state index is 0.200. The van der Waals surface area contributed by atoms with Crippen LogP contribution in [0.4, 0.5) is 5.69 Å². The molecule has 35 heavy (non-hydrogen) atoms. The average molecular weight is 490 g/mol. The molecule has 0 aliphatic carbocycles. The number of ether oxygens (including phenoxy) is 1. The highest BCUT2D eigenvalue weighted by Crippen LogP contribution is 2.23. The van der Waals surface area contributed by atoms with Gasteiger partial charge in [-0.15, -0.1) is 5.10 Å². The number of aryl methyl sites for hydroxylation is 2. The minimum Gasteiger partial charge on any atom is -0.454 e. The van der Waals surface area contributed by atoms with E-state index in [1.54, 1.807) is 40.9 Å². The van der Waals surface area contributed by atoms with Gasteiger partial charge in [0.05, 0.1) is 5.56 Å². The molecule has 0 bridgehead atoms. The zero-order valence-electron chi connectivity index (χ0n) is 19.4. The third-order valence-electron chi connectivity index (χ3n) is 5.05. The summed E-state index contributed by atoms with van der Waals surface area (Å²) < 4.78 is 6.98. The van der Waals surface area contributed by atoms with Crippen molar-refractivity contribution in [3.63, 3.8) is 0 Å². The van der Waals surface area contributed by atoms with Gasteiger partial charge in [-0.25, -0.2) is 14.3 Å². The molecule has 1 N–H and O–H groups in total. The lowest BCUT2D eigenvalue weighted by Gasteiger charge is -2.09. The molecule has 9 nitrogen and oxygen atoms in total. The van der Waals surface area contributed by atoms with Crippen LogP contribution >= 0.6 is 11.8 Å². The van der Waals surface area contributed by atoms with Gasteiger partial charge in [0, 0.05) is 35.3 Å². The molecule has 2 heterocycles. The Balaban J connectivity index is 1.39. The van der Waals surface area contributed by atoms with Crippen LogP contribution in [0.3, 0.4) is 0 Å². The molecule has 0 saturated heterocycles. The van der Waals surface area contributed by atoms with Crippen molar-refractivity contribution < 1.29 is 19.1 Å². The molecule has 0 aliphatic heterocycles. The van der Waals surface area contributed by atoms with Crippen molar-refractivity contribution in [3.05, 3.63) is 82.7 Å². The Morgan fingerprint density at radius 2 is 1.77 bits per heavy atom. The number of ketones is 1. The number of thioether (sulfide) groups is 1. The van der Waals surface area contributed by atoms with Gasteiger partial charge in [-0.1, -0.05) is 30.0 Å². The van der Waals surface area contributed by atoms with Crippen molar-refractivity contribution in [2.75, 3.05) is 11.9 Å². The van der Waals surface area contributed by atoms with Gasteiger partial charge in [-0.05, 0) is 55.8 Å². The number of benzene rings is 2. The molecule has 2 aromatic heterocycles. The first-order valence-electron chi connectivity index (χ1n) is 10.8. The Kier molecular flexibility index (Phi) is 7.21. The molecule has 10 heteroatoms. The summed E-state index contributed by atoms with van der Waals surface area (Å²) in [7, 11) is 0. The Hall–Kier alpha value is -4.05. The SMILES string of the molecule is CC(=O)Nc1ccc(C(=O)COC(=O)c2ccccc2CSc2nc3nc(C)cc(C)n3n2)cc1. The Labute approximate surface area is 205 Å². The highest BCUT2D eigenvalue weighted by molar-refractivity contribution is 7.98. The number of fused-ring (bicyclic) bond motifs is 1. The van der Waals surface area contributed by atoms with Crippen LogP contribution in [-0.4, -0.2) is 43.8 Å². The maximum absolute atomic E-state index is 12.7. The second kappa shape index (κ2) is 10.5. The topological polar surface area (TPSA) is 116 Å². The zero-order chi connectivity index (χ0) is 24.9. The first-order chi connectivity index (χ1) is 16.8. The molecule has 2 aromatic carbocycles. The summed E-state index contributed by atoms with van der Waals surface area (Å²) in [6, 6.07) is 15.4. The van der Waals surface area contributed by atoms with Gasteiger partial charge in [0.1, 0.15) is 0 Å². The van der Waals surface area contributed by atoms with E-state index in [1.807, 2.05) is 32.0 Å². The number of hydrogen-bond donors (Lipinski definition) is 1. The molecule has 0 spiro atoms. The number of esters is 1. The Bertz CT molecular complexity index is 1420. The summed E-state index contributed by atoms with van der Waals surface area (Å²) in [5.74, 6) is -0.152. The highest BCUT2D eigenvalue weighted by atomic mass is 32.2. The summed E-state index contributed by atoms with van der Waals surface area (Å²) in [4.78, 5) is 45.2. The van der Waals surface area contributed by atoms with Crippen LogP contribution in [0.25, 0.3) is 5.78 Å². The fourth-order valence-corrected chi connectivity index (χ4v) is 4.25. The second-order valence-electron chi connectivity index (χ2n) is 7.85. The normalized spacial score (nSPS) is 10.8. The number of carbonyl (C=O) groups is 3. The molecule has 0 unspecified atom stereocenters. The smallest absolute Gasteiger partial charge is 0.338 e. The van der Waals surface area contributed by atoms with Gasteiger partial charge < -0.3 is 10.1 Å². The summed E-state index contributed by atoms with van der Waals surface area (Å²) in [6.45, 7) is 4.86. The van der Waals surface area contributed by atoms with E-state index < -0.39 is 12.6 Å². The molecule has 4 aromatic rings. The summed E-state index contributed by atoms with van der Waals surface area (Å²) in [5, 5.41) is 7.66. The summed E-state index contributed by atoms with van der Waals surface area (Å²) in [5.41, 5.74) is 3.89. The molecule has 178 valence electrons. The third-order valence-corrected chi connectivity index (χ3v) is 5.94. The van der Waals surface area contributed by atoms with Crippen molar-refractivity contribution in [2.45, 2.75) is 31.7 Å². The quantitative estimate of drug-likeness (QED) is 0.224. The van der Waals surface area contributed by atoms with Crippen LogP contribution in [-0.2, 0) is 15.3 Å². The maximum atomic E-state index is 12.7. The number of hydrogen-bond acceptors (Lipinski definition) is 8. The number of Topliss-reactive ketones (excluding diaryl/α,β-unsaturated/α-hetero) is 1. The Morgan fingerprint density at radius 3 is 2.51 bits per heavy atom. The van der Waals surface area contributed by atoms with Crippen LogP contribution in [0.15, 0.2) is 59.8 Å². The van der Waals surface area contributed by atoms with Gasteiger partial charge in [0.15, 0.2) is 12.4 Å². The number of aromatic nitrogens is 4. The third kappa shape index (κ3) is 5.90. The lowest BCUT2D eigenvalue weighted by Crippen LogP contribution is -2.15. The lowest BCUT2D eigenvalue weighted by atomic mass is 10.1. The van der Waals surface area contributed by atoms with Crippen molar-refractivity contribution in [1.29, 1.82) is 0 Å². The van der Waals surface area contributed by atoms with Crippen molar-refractivity contribution in [1.82, 2.24) is 19.6 Å².